The number of hydrogen-bond donors (Lipinski definition) is 0. The van der Waals surface area contributed by atoms with Crippen molar-refractivity contribution in [3.8, 4) is 11.4 Å². The average molecular weight is 367 g/mol. The molecular weight excluding hydrogens is 344 g/mol. The minimum Gasteiger partial charge on any atom is -0.236 e. The second-order valence-electron chi connectivity index (χ2n) is 8.09. The highest BCUT2D eigenvalue weighted by molar-refractivity contribution is 5.74. The van der Waals surface area contributed by atoms with Crippen LogP contribution in [0.25, 0.3) is 27.4 Å². The molecule has 28 heavy (non-hydrogen) atoms. The molecule has 4 aromatic rings. The van der Waals surface area contributed by atoms with Gasteiger partial charge in [0.05, 0.1) is 6.57 Å². The van der Waals surface area contributed by atoms with Crippen molar-refractivity contribution in [2.45, 2.75) is 33.1 Å². The number of fused-ring (bicyclic) bond motifs is 1. The fraction of sp³-hybridized carbons (Fsp3) is 0.208. The summed E-state index contributed by atoms with van der Waals surface area (Å²) in [5.41, 5.74) is 7.00. The fourth-order valence-electron chi connectivity index (χ4n) is 3.43. The van der Waals surface area contributed by atoms with Crippen molar-refractivity contribution in [3.63, 3.8) is 0 Å². The van der Waals surface area contributed by atoms with Crippen molar-refractivity contribution in [2.24, 2.45) is 0 Å². The fourth-order valence-corrected chi connectivity index (χ4v) is 3.43. The van der Waals surface area contributed by atoms with Crippen molar-refractivity contribution < 1.29 is 4.57 Å². The Morgan fingerprint density at radius 3 is 2.39 bits per heavy atom. The maximum atomic E-state index is 7.36. The molecule has 4 heteroatoms. The smallest absolute Gasteiger partial charge is 0.236 e. The Bertz CT molecular complexity index is 1200. The molecule has 2 aromatic carbocycles. The molecule has 0 amide bonds. The number of rotatable bonds is 2. The minimum absolute atomic E-state index is 0.112. The van der Waals surface area contributed by atoms with E-state index >= 15 is 0 Å². The van der Waals surface area contributed by atoms with E-state index in [0.29, 0.717) is 5.69 Å². The summed E-state index contributed by atoms with van der Waals surface area (Å²) >= 11 is 0. The molecule has 0 aliphatic carbocycles. The molecule has 0 N–H and O–H groups in total. The summed E-state index contributed by atoms with van der Waals surface area (Å²) in [4.78, 5) is 8.17. The van der Waals surface area contributed by atoms with Crippen LogP contribution in [0.5, 0.6) is 0 Å². The van der Waals surface area contributed by atoms with Gasteiger partial charge in [-0.1, -0.05) is 51.1 Å². The summed E-state index contributed by atoms with van der Waals surface area (Å²) in [6.45, 7) is 16.1. The maximum Gasteiger partial charge on any atom is 0.271 e. The molecule has 0 unspecified atom stereocenters. The van der Waals surface area contributed by atoms with Gasteiger partial charge < -0.3 is 0 Å². The van der Waals surface area contributed by atoms with Gasteiger partial charge in [-0.2, -0.15) is 9.13 Å². The van der Waals surface area contributed by atoms with Gasteiger partial charge in [0.1, 0.15) is 11.4 Å². The lowest BCUT2D eigenvalue weighted by Gasteiger charge is -2.18. The van der Waals surface area contributed by atoms with Gasteiger partial charge in [-0.15, -0.1) is 0 Å². The summed E-state index contributed by atoms with van der Waals surface area (Å²) < 4.78 is 4.20. The molecule has 0 aliphatic rings. The Morgan fingerprint density at radius 2 is 1.75 bits per heavy atom. The van der Waals surface area contributed by atoms with Crippen LogP contribution in [0.3, 0.4) is 0 Å². The highest BCUT2D eigenvalue weighted by Crippen LogP contribution is 2.25. The van der Waals surface area contributed by atoms with Gasteiger partial charge in [0.2, 0.25) is 5.69 Å². The van der Waals surface area contributed by atoms with Gasteiger partial charge in [-0.3, -0.25) is 0 Å². The van der Waals surface area contributed by atoms with Crippen LogP contribution in [0, 0.1) is 13.5 Å². The predicted octanol–water partition coefficient (Wildman–Crippen LogP) is 5.46. The first kappa shape index (κ1) is 17.9. The first-order valence-electron chi connectivity index (χ1n) is 9.35. The zero-order chi connectivity index (χ0) is 19.9. The Labute approximate surface area is 165 Å². The van der Waals surface area contributed by atoms with E-state index in [-0.39, 0.29) is 5.41 Å². The molecule has 2 aromatic heterocycles. The van der Waals surface area contributed by atoms with Gasteiger partial charge >= 0.3 is 0 Å². The molecule has 0 spiro atoms. The van der Waals surface area contributed by atoms with Crippen molar-refractivity contribution in [1.82, 2.24) is 9.55 Å². The number of aryl methyl sites for hydroxylation is 1. The van der Waals surface area contributed by atoms with E-state index < -0.39 is 0 Å². The van der Waals surface area contributed by atoms with Crippen LogP contribution in [0.1, 0.15) is 31.9 Å². The summed E-state index contributed by atoms with van der Waals surface area (Å²) in [6, 6.07) is 18.8. The van der Waals surface area contributed by atoms with Crippen molar-refractivity contribution in [2.75, 3.05) is 0 Å². The minimum atomic E-state index is 0.112. The van der Waals surface area contributed by atoms with E-state index in [1.165, 1.54) is 11.1 Å². The Hall–Kier alpha value is -3.45. The number of hydrogen-bond acceptors (Lipinski definition) is 1. The number of nitrogens with zero attached hydrogens (tertiary/aromatic N) is 4. The molecule has 4 nitrogen and oxygen atoms in total. The lowest BCUT2D eigenvalue weighted by molar-refractivity contribution is -0.568. The van der Waals surface area contributed by atoms with Crippen LogP contribution in [-0.4, -0.2) is 9.55 Å². The highest BCUT2D eigenvalue weighted by atomic mass is 15.2. The van der Waals surface area contributed by atoms with Crippen LogP contribution in [0.4, 0.5) is 5.69 Å². The lowest BCUT2D eigenvalue weighted by atomic mass is 9.87. The van der Waals surface area contributed by atoms with E-state index in [2.05, 4.69) is 89.4 Å². The molecule has 0 bridgehead atoms. The van der Waals surface area contributed by atoms with Gasteiger partial charge in [-0.25, -0.2) is 9.83 Å². The van der Waals surface area contributed by atoms with Crippen molar-refractivity contribution >= 4 is 16.9 Å². The van der Waals surface area contributed by atoms with Crippen molar-refractivity contribution in [3.05, 3.63) is 89.7 Å². The van der Waals surface area contributed by atoms with Crippen molar-refractivity contribution in [1.29, 1.82) is 0 Å². The molecule has 0 fully saturated rings. The molecule has 0 saturated heterocycles. The van der Waals surface area contributed by atoms with E-state index in [1.54, 1.807) is 6.20 Å². The number of para-hydroxylation sites is 1. The standard InChI is InChI=1S/C24H23N4/c1-17-8-6-7-9-21(17)28-16-27(23-22(28)14-19(25-5)15-26-23)20-12-10-18(11-13-20)24(2,3)4/h6-16H,1-4H3/q+1. The topological polar surface area (TPSA) is 26.1 Å². The maximum absolute atomic E-state index is 7.36. The van der Waals surface area contributed by atoms with Gasteiger partial charge in [0.25, 0.3) is 12.0 Å². The van der Waals surface area contributed by atoms with E-state index in [9.17, 15) is 0 Å². The molecular formula is C24H23N4+. The highest BCUT2D eigenvalue weighted by Gasteiger charge is 2.22. The number of pyridine rings is 1. The van der Waals surface area contributed by atoms with Gasteiger partial charge in [0.15, 0.2) is 5.52 Å². The zero-order valence-corrected chi connectivity index (χ0v) is 16.6. The largest absolute Gasteiger partial charge is 0.271 e. The quantitative estimate of drug-likeness (QED) is 0.341. The first-order chi connectivity index (χ1) is 13.4. The third kappa shape index (κ3) is 3.05. The SMILES string of the molecule is [C-]#[N+]c1cnc2c(c1)[n+](-c1ccccc1C)cn2-c1ccc(C(C)(C)C)cc1. The summed E-state index contributed by atoms with van der Waals surface area (Å²) in [5, 5.41) is 0. The predicted molar refractivity (Wildman–Crippen MR) is 112 cm³/mol. The average Bonchev–Trinajstić information content (AvgIpc) is 3.06. The van der Waals surface area contributed by atoms with E-state index in [1.807, 2.05) is 18.2 Å². The summed E-state index contributed by atoms with van der Waals surface area (Å²) in [6.07, 6.45) is 3.69. The molecule has 138 valence electrons. The Balaban J connectivity index is 1.95. The second kappa shape index (κ2) is 6.61. The zero-order valence-electron chi connectivity index (χ0n) is 16.6. The number of benzene rings is 2. The van der Waals surface area contributed by atoms with Crippen LogP contribution < -0.4 is 4.57 Å². The Morgan fingerprint density at radius 1 is 1.04 bits per heavy atom. The first-order valence-corrected chi connectivity index (χ1v) is 9.35. The molecule has 0 atom stereocenters. The molecule has 0 saturated carbocycles. The third-order valence-corrected chi connectivity index (χ3v) is 5.07. The monoisotopic (exact) mass is 367 g/mol. The third-order valence-electron chi connectivity index (χ3n) is 5.07. The van der Waals surface area contributed by atoms with Crippen LogP contribution in [0.2, 0.25) is 0 Å². The number of imidazole rings is 1. The van der Waals surface area contributed by atoms with Gasteiger partial charge in [0, 0.05) is 6.20 Å². The molecule has 0 aliphatic heterocycles. The number of aromatic nitrogens is 3. The molecule has 0 radical (unpaired) electrons. The lowest BCUT2D eigenvalue weighted by Crippen LogP contribution is -2.29. The van der Waals surface area contributed by atoms with Crippen LogP contribution in [-0.2, 0) is 5.41 Å². The molecule has 4 rings (SSSR count). The Kier molecular flexibility index (Phi) is 4.24. The van der Waals surface area contributed by atoms with Crippen LogP contribution in [0.15, 0.2) is 67.1 Å². The molecule has 2 heterocycles. The summed E-state index contributed by atoms with van der Waals surface area (Å²) in [5.74, 6) is 0. The van der Waals surface area contributed by atoms with Gasteiger partial charge in [-0.05, 0) is 47.7 Å². The van der Waals surface area contributed by atoms with Crippen LogP contribution >= 0.6 is 0 Å². The summed E-state index contributed by atoms with van der Waals surface area (Å²) in [7, 11) is 0. The normalized spacial score (nSPS) is 11.5. The van der Waals surface area contributed by atoms with E-state index in [0.717, 1.165) is 22.5 Å². The van der Waals surface area contributed by atoms with E-state index in [4.69, 9.17) is 6.57 Å². The second-order valence-corrected chi connectivity index (χ2v) is 8.09.